The molecule has 0 aliphatic carbocycles. The average molecular weight is 387 g/mol. The SMILES string of the molecule is CC(=O)OCc1ccc(O[C@@H]2O[C@H](C(=O)O)[C@@H](O)[C@H](O)[C@H]2O)c([N+](=O)[O-])c1. The van der Waals surface area contributed by atoms with Gasteiger partial charge in [0.15, 0.2) is 11.9 Å². The summed E-state index contributed by atoms with van der Waals surface area (Å²) in [6, 6.07) is 3.55. The van der Waals surface area contributed by atoms with Crippen LogP contribution in [-0.2, 0) is 25.7 Å². The Morgan fingerprint density at radius 1 is 1.22 bits per heavy atom. The Kier molecular flexibility index (Phi) is 6.28. The number of nitrogens with zero attached hydrogens (tertiary/aromatic N) is 1. The molecule has 27 heavy (non-hydrogen) atoms. The molecule has 1 aliphatic heterocycles. The van der Waals surface area contributed by atoms with Crippen LogP contribution in [0.3, 0.4) is 0 Å². The highest BCUT2D eigenvalue weighted by Gasteiger charge is 2.48. The van der Waals surface area contributed by atoms with Gasteiger partial charge in [-0.15, -0.1) is 0 Å². The number of benzene rings is 1. The van der Waals surface area contributed by atoms with Crippen molar-refractivity contribution in [3.63, 3.8) is 0 Å². The van der Waals surface area contributed by atoms with E-state index in [0.717, 1.165) is 12.1 Å². The van der Waals surface area contributed by atoms with Crippen molar-refractivity contribution in [1.82, 2.24) is 0 Å². The summed E-state index contributed by atoms with van der Waals surface area (Å²) in [5.41, 5.74) is -0.281. The summed E-state index contributed by atoms with van der Waals surface area (Å²) in [6.45, 7) is 0.956. The third-order valence-corrected chi connectivity index (χ3v) is 3.72. The van der Waals surface area contributed by atoms with Gasteiger partial charge in [-0.2, -0.15) is 0 Å². The number of ether oxygens (including phenoxy) is 3. The largest absolute Gasteiger partial charge is 0.479 e. The molecule has 1 aliphatic rings. The summed E-state index contributed by atoms with van der Waals surface area (Å²) in [5, 5.41) is 49.5. The molecule has 12 nitrogen and oxygen atoms in total. The van der Waals surface area contributed by atoms with E-state index in [1.54, 1.807) is 0 Å². The van der Waals surface area contributed by atoms with E-state index in [9.17, 15) is 35.0 Å². The molecule has 1 heterocycles. The second kappa shape index (κ2) is 8.26. The van der Waals surface area contributed by atoms with E-state index >= 15 is 0 Å². The van der Waals surface area contributed by atoms with Crippen molar-refractivity contribution in [2.75, 3.05) is 0 Å². The minimum Gasteiger partial charge on any atom is -0.479 e. The molecule has 4 N–H and O–H groups in total. The minimum atomic E-state index is -1.92. The smallest absolute Gasteiger partial charge is 0.335 e. The highest BCUT2D eigenvalue weighted by Crippen LogP contribution is 2.32. The van der Waals surface area contributed by atoms with Gasteiger partial charge in [-0.3, -0.25) is 14.9 Å². The maximum Gasteiger partial charge on any atom is 0.335 e. The van der Waals surface area contributed by atoms with Gasteiger partial charge in [0.25, 0.3) is 0 Å². The fourth-order valence-corrected chi connectivity index (χ4v) is 2.35. The molecule has 12 heteroatoms. The lowest BCUT2D eigenvalue weighted by Gasteiger charge is -2.38. The number of carbonyl (C=O) groups excluding carboxylic acids is 1. The Labute approximate surface area is 151 Å². The number of aliphatic hydroxyl groups excluding tert-OH is 3. The van der Waals surface area contributed by atoms with Crippen molar-refractivity contribution in [2.24, 2.45) is 0 Å². The Hall–Kier alpha value is -2.80. The standard InChI is InChI=1S/C15H17NO11/c1-6(17)25-5-7-2-3-9(8(4-7)16(23)24)26-15-12(20)10(18)11(19)13(27-15)14(21)22/h2-4,10-13,15,18-20H,5H2,1H3,(H,21,22)/t10-,11-,12+,13-,15+/m0/s1. The predicted octanol–water partition coefficient (Wildman–Crippen LogP) is -1.07. The van der Waals surface area contributed by atoms with E-state index in [-0.39, 0.29) is 17.9 Å². The fourth-order valence-electron chi connectivity index (χ4n) is 2.35. The van der Waals surface area contributed by atoms with Gasteiger partial charge in [0.05, 0.1) is 4.92 Å². The van der Waals surface area contributed by atoms with Gasteiger partial charge >= 0.3 is 17.6 Å². The molecule has 1 fully saturated rings. The van der Waals surface area contributed by atoms with Gasteiger partial charge in [0.2, 0.25) is 6.29 Å². The van der Waals surface area contributed by atoms with Crippen LogP contribution in [0, 0.1) is 10.1 Å². The zero-order chi connectivity index (χ0) is 20.3. The number of carboxylic acids is 1. The lowest BCUT2D eigenvalue weighted by Crippen LogP contribution is -2.61. The number of rotatable bonds is 6. The Bertz CT molecular complexity index is 736. The zero-order valence-electron chi connectivity index (χ0n) is 13.9. The second-order valence-corrected chi connectivity index (χ2v) is 5.69. The summed E-state index contributed by atoms with van der Waals surface area (Å²) >= 11 is 0. The van der Waals surface area contributed by atoms with Crippen LogP contribution in [0.2, 0.25) is 0 Å². The summed E-state index contributed by atoms with van der Waals surface area (Å²) in [6.07, 6.45) is -9.39. The normalized spacial score (nSPS) is 27.6. The Balaban J connectivity index is 2.25. The first-order chi connectivity index (χ1) is 12.6. The van der Waals surface area contributed by atoms with Crippen LogP contribution >= 0.6 is 0 Å². The predicted molar refractivity (Wildman–Crippen MR) is 83.5 cm³/mol. The van der Waals surface area contributed by atoms with Crippen LogP contribution < -0.4 is 4.74 Å². The molecule has 0 bridgehead atoms. The third kappa shape index (κ3) is 4.68. The van der Waals surface area contributed by atoms with Gasteiger partial charge in [-0.1, -0.05) is 6.07 Å². The number of carboxylic acid groups (broad SMARTS) is 1. The van der Waals surface area contributed by atoms with Gasteiger partial charge in [0.1, 0.15) is 24.9 Å². The molecule has 148 valence electrons. The summed E-state index contributed by atoms with van der Waals surface area (Å²) in [7, 11) is 0. The van der Waals surface area contributed by atoms with E-state index in [0.29, 0.717) is 0 Å². The van der Waals surface area contributed by atoms with E-state index in [2.05, 4.69) is 0 Å². The summed E-state index contributed by atoms with van der Waals surface area (Å²) in [5.74, 6) is -2.58. The number of nitro benzene ring substituents is 1. The van der Waals surface area contributed by atoms with E-state index < -0.39 is 53.3 Å². The van der Waals surface area contributed by atoms with Crippen molar-refractivity contribution >= 4 is 17.6 Å². The molecule has 0 radical (unpaired) electrons. The molecule has 2 rings (SSSR count). The van der Waals surface area contributed by atoms with E-state index in [1.165, 1.54) is 13.0 Å². The zero-order valence-corrected chi connectivity index (χ0v) is 13.9. The van der Waals surface area contributed by atoms with Gasteiger partial charge in [-0.05, 0) is 11.6 Å². The molecule has 1 saturated heterocycles. The van der Waals surface area contributed by atoms with Crippen LogP contribution in [0.1, 0.15) is 12.5 Å². The van der Waals surface area contributed by atoms with E-state index in [1.807, 2.05) is 0 Å². The van der Waals surface area contributed by atoms with Crippen LogP contribution in [0.4, 0.5) is 5.69 Å². The lowest BCUT2D eigenvalue weighted by molar-refractivity contribution is -0.387. The lowest BCUT2D eigenvalue weighted by atomic mass is 9.99. The molecule has 0 saturated carbocycles. The minimum absolute atomic E-state index is 0.217. The number of hydrogen-bond donors (Lipinski definition) is 4. The monoisotopic (exact) mass is 387 g/mol. The van der Waals surface area contributed by atoms with Gasteiger partial charge in [-0.25, -0.2) is 4.79 Å². The molecule has 1 aromatic rings. The van der Waals surface area contributed by atoms with Crippen molar-refractivity contribution in [1.29, 1.82) is 0 Å². The molecule has 1 aromatic carbocycles. The summed E-state index contributed by atoms with van der Waals surface area (Å²) < 4.78 is 14.8. The van der Waals surface area contributed by atoms with Crippen molar-refractivity contribution in [3.8, 4) is 5.75 Å². The first-order valence-electron chi connectivity index (χ1n) is 7.61. The highest BCUT2D eigenvalue weighted by molar-refractivity contribution is 5.73. The molecule has 5 atom stereocenters. The molecule has 0 spiro atoms. The van der Waals surface area contributed by atoms with Crippen LogP contribution in [-0.4, -0.2) is 68.0 Å². The van der Waals surface area contributed by atoms with Crippen molar-refractivity contribution < 1.29 is 49.1 Å². The number of aliphatic carboxylic acids is 1. The van der Waals surface area contributed by atoms with Crippen LogP contribution in [0.25, 0.3) is 0 Å². The Morgan fingerprint density at radius 3 is 2.44 bits per heavy atom. The third-order valence-electron chi connectivity index (χ3n) is 3.72. The van der Waals surface area contributed by atoms with Crippen molar-refractivity contribution in [2.45, 2.75) is 44.2 Å². The molecule has 0 unspecified atom stereocenters. The van der Waals surface area contributed by atoms with Gasteiger partial charge < -0.3 is 34.6 Å². The number of carbonyl (C=O) groups is 2. The van der Waals surface area contributed by atoms with Crippen molar-refractivity contribution in [3.05, 3.63) is 33.9 Å². The van der Waals surface area contributed by atoms with Crippen LogP contribution in [0.5, 0.6) is 5.75 Å². The average Bonchev–Trinajstić information content (AvgIpc) is 2.60. The number of aliphatic hydroxyl groups is 3. The second-order valence-electron chi connectivity index (χ2n) is 5.69. The van der Waals surface area contributed by atoms with Gasteiger partial charge in [0, 0.05) is 13.0 Å². The number of hydrogen-bond acceptors (Lipinski definition) is 10. The molecular formula is C15H17NO11. The maximum absolute atomic E-state index is 11.3. The van der Waals surface area contributed by atoms with Crippen LogP contribution in [0.15, 0.2) is 18.2 Å². The first kappa shape index (κ1) is 20.5. The first-order valence-corrected chi connectivity index (χ1v) is 7.61. The maximum atomic E-state index is 11.3. The quantitative estimate of drug-likeness (QED) is 0.264. The topological polar surface area (TPSA) is 186 Å². The number of nitro groups is 1. The van der Waals surface area contributed by atoms with E-state index in [4.69, 9.17) is 19.3 Å². The molecular weight excluding hydrogens is 370 g/mol. The summed E-state index contributed by atoms with van der Waals surface area (Å²) in [4.78, 5) is 32.4. The molecule has 0 aromatic heterocycles. The highest BCUT2D eigenvalue weighted by atomic mass is 16.7. The number of esters is 1. The molecule has 0 amide bonds. The fraction of sp³-hybridized carbons (Fsp3) is 0.467. The Morgan fingerprint density at radius 2 is 1.89 bits per heavy atom.